The molecule has 4 atom stereocenters. The third-order valence-electron chi connectivity index (χ3n) is 6.84. The molecule has 3 N–H and O–H groups in total. The van der Waals surface area contributed by atoms with Gasteiger partial charge in [0, 0.05) is 19.0 Å². The van der Waals surface area contributed by atoms with Crippen molar-refractivity contribution >= 4 is 40.5 Å². The van der Waals surface area contributed by atoms with Gasteiger partial charge in [-0.05, 0) is 29.7 Å². The lowest BCUT2D eigenvalue weighted by Crippen LogP contribution is -2.46. The van der Waals surface area contributed by atoms with Crippen molar-refractivity contribution in [3.05, 3.63) is 83.4 Å². The number of carbonyl (C=O) groups excluding carboxylic acids is 2. The first-order chi connectivity index (χ1) is 20.6. The molecule has 2 aromatic carbocycles. The normalized spacial score (nSPS) is 20.3. The SMILES string of the molecule is CCNC(=O)[C@H]1O[C@@H](n2cnc3c(NCC(c4ccccc4)c4ccccc4)nc(Cl)nc32)[C@H](O)[C@@H]1OC(=O)C(F)(F)F. The summed E-state index contributed by atoms with van der Waals surface area (Å²) in [6.45, 7) is 2.06. The molecule has 226 valence electrons. The quantitative estimate of drug-likeness (QED) is 0.190. The number of carbonyl (C=O) groups is 2. The number of aliphatic hydroxyl groups is 1. The van der Waals surface area contributed by atoms with E-state index in [2.05, 4.69) is 30.3 Å². The van der Waals surface area contributed by atoms with Crippen molar-refractivity contribution in [1.29, 1.82) is 0 Å². The van der Waals surface area contributed by atoms with Gasteiger partial charge in [0.1, 0.15) is 6.10 Å². The van der Waals surface area contributed by atoms with Crippen LogP contribution in [0.5, 0.6) is 0 Å². The van der Waals surface area contributed by atoms with Crippen LogP contribution in [-0.2, 0) is 19.1 Å². The Morgan fingerprint density at radius 1 is 1.09 bits per heavy atom. The average molecular weight is 619 g/mol. The molecule has 5 rings (SSSR count). The van der Waals surface area contributed by atoms with E-state index in [0.717, 1.165) is 11.1 Å². The fourth-order valence-corrected chi connectivity index (χ4v) is 5.05. The number of aromatic nitrogens is 4. The first kappa shape index (κ1) is 30.2. The zero-order chi connectivity index (χ0) is 30.7. The van der Waals surface area contributed by atoms with Gasteiger partial charge in [-0.2, -0.15) is 23.1 Å². The lowest BCUT2D eigenvalue weighted by atomic mass is 9.91. The third-order valence-corrected chi connectivity index (χ3v) is 7.01. The number of halogens is 4. The number of esters is 1. The molecule has 0 aliphatic carbocycles. The zero-order valence-corrected chi connectivity index (χ0v) is 23.3. The predicted molar refractivity (Wildman–Crippen MR) is 148 cm³/mol. The molecular weight excluding hydrogens is 593 g/mol. The van der Waals surface area contributed by atoms with Gasteiger partial charge in [-0.25, -0.2) is 9.78 Å². The summed E-state index contributed by atoms with van der Waals surface area (Å²) in [4.78, 5) is 37.0. The van der Waals surface area contributed by atoms with Crippen LogP contribution < -0.4 is 10.6 Å². The minimum atomic E-state index is -5.36. The second kappa shape index (κ2) is 12.5. The number of nitrogens with zero attached hydrogens (tertiary/aromatic N) is 4. The topological polar surface area (TPSA) is 140 Å². The van der Waals surface area contributed by atoms with Gasteiger partial charge in [-0.1, -0.05) is 60.7 Å². The molecule has 0 saturated carbocycles. The molecule has 0 spiro atoms. The maximum Gasteiger partial charge on any atom is 0.490 e. The van der Waals surface area contributed by atoms with E-state index >= 15 is 0 Å². The van der Waals surface area contributed by atoms with Crippen molar-refractivity contribution in [2.75, 3.05) is 18.4 Å². The van der Waals surface area contributed by atoms with Gasteiger partial charge in [-0.3, -0.25) is 9.36 Å². The van der Waals surface area contributed by atoms with Crippen LogP contribution in [0.2, 0.25) is 5.28 Å². The highest BCUT2D eigenvalue weighted by Gasteiger charge is 2.54. The first-order valence-corrected chi connectivity index (χ1v) is 13.6. The van der Waals surface area contributed by atoms with Crippen LogP contribution in [0.4, 0.5) is 19.0 Å². The fraction of sp³-hybridized carbons (Fsp3) is 0.321. The predicted octanol–water partition coefficient (Wildman–Crippen LogP) is 3.59. The number of fused-ring (bicyclic) bond motifs is 1. The molecule has 1 amide bonds. The molecule has 1 aliphatic rings. The smallest absolute Gasteiger partial charge is 0.449 e. The minimum absolute atomic E-state index is 0.0555. The number of imidazole rings is 1. The Labute approximate surface area is 248 Å². The fourth-order valence-electron chi connectivity index (χ4n) is 4.88. The number of ether oxygens (including phenoxy) is 2. The van der Waals surface area contributed by atoms with Crippen LogP contribution in [0, 0.1) is 0 Å². The molecule has 1 fully saturated rings. The van der Waals surface area contributed by atoms with Crippen molar-refractivity contribution in [2.45, 2.75) is 43.6 Å². The minimum Gasteiger partial charge on any atom is -0.449 e. The van der Waals surface area contributed by atoms with Crippen LogP contribution in [-0.4, -0.2) is 74.1 Å². The average Bonchev–Trinajstić information content (AvgIpc) is 3.54. The monoisotopic (exact) mass is 618 g/mol. The number of hydrogen-bond acceptors (Lipinski definition) is 9. The van der Waals surface area contributed by atoms with Crippen LogP contribution >= 0.6 is 11.6 Å². The summed E-state index contributed by atoms with van der Waals surface area (Å²) in [6.07, 6.45) is -11.3. The van der Waals surface area contributed by atoms with Gasteiger partial charge in [0.05, 0.1) is 6.33 Å². The van der Waals surface area contributed by atoms with Crippen LogP contribution in [0.1, 0.15) is 30.2 Å². The molecule has 3 heterocycles. The van der Waals surface area contributed by atoms with Crippen molar-refractivity contribution < 1.29 is 37.3 Å². The van der Waals surface area contributed by atoms with Gasteiger partial charge in [0.25, 0.3) is 5.91 Å². The molecule has 0 radical (unpaired) electrons. The standard InChI is InChI=1S/C28H26ClF3N6O5/c1-2-33-24(40)21-20(43-26(41)28(30,31)32)19(39)25(42-21)38-14-35-18-22(36-27(29)37-23(18)38)34-13-17(15-9-5-3-6-10-15)16-11-7-4-8-12-16/h3-12,14,17,19-21,25,39H,2,13H2,1H3,(H,33,40)(H,34,36,37)/t19-,20+,21+,25-/m1/s1. The van der Waals surface area contributed by atoms with Gasteiger partial charge >= 0.3 is 12.1 Å². The van der Waals surface area contributed by atoms with E-state index in [-0.39, 0.29) is 34.7 Å². The largest absolute Gasteiger partial charge is 0.490 e. The molecule has 1 saturated heterocycles. The first-order valence-electron chi connectivity index (χ1n) is 13.2. The summed E-state index contributed by atoms with van der Waals surface area (Å²) in [5.41, 5.74) is 2.35. The van der Waals surface area contributed by atoms with E-state index in [9.17, 15) is 27.9 Å². The number of benzene rings is 2. The molecular formula is C28H26ClF3N6O5. The Bertz CT molecular complexity index is 1550. The zero-order valence-electron chi connectivity index (χ0n) is 22.5. The summed E-state index contributed by atoms with van der Waals surface area (Å²) in [7, 11) is 0. The second-order valence-electron chi connectivity index (χ2n) is 9.62. The van der Waals surface area contributed by atoms with E-state index in [1.165, 1.54) is 10.9 Å². The lowest BCUT2D eigenvalue weighted by Gasteiger charge is -2.21. The van der Waals surface area contributed by atoms with Crippen LogP contribution in [0.25, 0.3) is 11.2 Å². The number of nitrogens with one attached hydrogen (secondary N) is 2. The molecule has 0 unspecified atom stereocenters. The Morgan fingerprint density at radius 3 is 2.30 bits per heavy atom. The molecule has 4 aromatic rings. The molecule has 15 heteroatoms. The van der Waals surface area contributed by atoms with Gasteiger partial charge in [-0.15, -0.1) is 0 Å². The van der Waals surface area contributed by atoms with Crippen LogP contribution in [0.3, 0.4) is 0 Å². The van der Waals surface area contributed by atoms with Crippen molar-refractivity contribution in [3.63, 3.8) is 0 Å². The summed E-state index contributed by atoms with van der Waals surface area (Å²) in [5.74, 6) is -3.29. The molecule has 2 aromatic heterocycles. The van der Waals surface area contributed by atoms with E-state index in [1.807, 2.05) is 60.7 Å². The van der Waals surface area contributed by atoms with Crippen molar-refractivity contribution in [1.82, 2.24) is 24.8 Å². The number of aliphatic hydroxyl groups excluding tert-OH is 1. The third kappa shape index (κ3) is 6.40. The number of rotatable bonds is 9. The number of alkyl halides is 3. The highest BCUT2D eigenvalue weighted by atomic mass is 35.5. The molecule has 1 aliphatic heterocycles. The van der Waals surface area contributed by atoms with Crippen molar-refractivity contribution in [3.8, 4) is 0 Å². The van der Waals surface area contributed by atoms with E-state index < -0.39 is 42.6 Å². The summed E-state index contributed by atoms with van der Waals surface area (Å²) in [6, 6.07) is 19.6. The van der Waals surface area contributed by atoms with Crippen LogP contribution in [0.15, 0.2) is 67.0 Å². The number of likely N-dealkylation sites (N-methyl/N-ethyl adjacent to an activating group) is 1. The van der Waals surface area contributed by atoms with E-state index in [1.54, 1.807) is 6.92 Å². The number of amides is 1. The molecule has 11 nitrogen and oxygen atoms in total. The highest BCUT2D eigenvalue weighted by Crippen LogP contribution is 2.36. The summed E-state index contributed by atoms with van der Waals surface area (Å²) in [5, 5.41) is 16.4. The van der Waals surface area contributed by atoms with Gasteiger partial charge in [0.2, 0.25) is 5.28 Å². The number of hydrogen-bond donors (Lipinski definition) is 3. The molecule has 43 heavy (non-hydrogen) atoms. The van der Waals surface area contributed by atoms with E-state index in [0.29, 0.717) is 6.54 Å². The summed E-state index contributed by atoms with van der Waals surface area (Å²) >= 11 is 6.25. The number of anilines is 1. The van der Waals surface area contributed by atoms with E-state index in [4.69, 9.17) is 16.3 Å². The van der Waals surface area contributed by atoms with Gasteiger partial charge in [0.15, 0.2) is 35.4 Å². The Morgan fingerprint density at radius 2 is 1.72 bits per heavy atom. The Kier molecular flexibility index (Phi) is 8.80. The Balaban J connectivity index is 1.45. The highest BCUT2D eigenvalue weighted by molar-refractivity contribution is 6.28. The van der Waals surface area contributed by atoms with Gasteiger partial charge < -0.3 is 25.2 Å². The maximum absolute atomic E-state index is 13.0. The van der Waals surface area contributed by atoms with Crippen molar-refractivity contribution in [2.24, 2.45) is 0 Å². The lowest BCUT2D eigenvalue weighted by molar-refractivity contribution is -0.209. The molecule has 0 bridgehead atoms. The maximum atomic E-state index is 13.0. The second-order valence-corrected chi connectivity index (χ2v) is 9.96. The Hall–Kier alpha value is -4.27. The summed E-state index contributed by atoms with van der Waals surface area (Å²) < 4.78 is 50.3.